The molecule has 0 N–H and O–H groups in total. The minimum Gasteiger partial charge on any atom is -0.467 e. The van der Waals surface area contributed by atoms with E-state index in [0.29, 0.717) is 11.9 Å². The first-order chi connectivity index (χ1) is 11.7. The van der Waals surface area contributed by atoms with E-state index < -0.39 is 0 Å². The average molecular weight is 345 g/mol. The number of aryl methyl sites for hydroxylation is 2. The lowest BCUT2D eigenvalue weighted by atomic mass is 9.94. The molecule has 6 heteroatoms. The molecule has 1 amide bonds. The highest BCUT2D eigenvalue weighted by Gasteiger charge is 2.24. The molecule has 0 bridgehead atoms. The van der Waals surface area contributed by atoms with Crippen molar-refractivity contribution in [3.63, 3.8) is 0 Å². The summed E-state index contributed by atoms with van der Waals surface area (Å²) < 4.78 is 5.84. The Labute approximate surface area is 146 Å². The van der Waals surface area contributed by atoms with Crippen molar-refractivity contribution in [2.24, 2.45) is 0 Å². The van der Waals surface area contributed by atoms with Gasteiger partial charge in [-0.1, -0.05) is 19.3 Å². The molecule has 0 unspecified atom stereocenters. The molecular formula is C18H23N3O2S. The molecule has 0 aliphatic heterocycles. The number of likely N-dealkylation sites (N-methyl/N-ethyl adjacent to an activating group) is 1. The molecule has 2 heterocycles. The van der Waals surface area contributed by atoms with Crippen LogP contribution in [0.5, 0.6) is 5.88 Å². The van der Waals surface area contributed by atoms with Gasteiger partial charge in [-0.25, -0.2) is 9.97 Å². The van der Waals surface area contributed by atoms with E-state index >= 15 is 0 Å². The fourth-order valence-corrected chi connectivity index (χ4v) is 5.13. The zero-order valence-corrected chi connectivity index (χ0v) is 14.9. The van der Waals surface area contributed by atoms with Crippen LogP contribution in [0.4, 0.5) is 0 Å². The smallest absolute Gasteiger partial charge is 0.260 e. The summed E-state index contributed by atoms with van der Waals surface area (Å²) in [6.07, 6.45) is 10.9. The summed E-state index contributed by atoms with van der Waals surface area (Å²) in [7, 11) is 1.90. The third-order valence-electron chi connectivity index (χ3n) is 5.31. The van der Waals surface area contributed by atoms with E-state index in [-0.39, 0.29) is 12.5 Å². The number of carbonyl (C=O) groups is 1. The Hall–Kier alpha value is -1.69. The van der Waals surface area contributed by atoms with Crippen molar-refractivity contribution in [3.05, 3.63) is 16.8 Å². The first-order valence-electron chi connectivity index (χ1n) is 8.87. The molecule has 2 aromatic heterocycles. The van der Waals surface area contributed by atoms with Crippen LogP contribution in [-0.2, 0) is 17.6 Å². The number of hydrogen-bond donors (Lipinski definition) is 0. The normalized spacial score (nSPS) is 17.9. The number of amides is 1. The third-order valence-corrected chi connectivity index (χ3v) is 6.51. The Kier molecular flexibility index (Phi) is 4.39. The average Bonchev–Trinajstić information content (AvgIpc) is 3.20. The zero-order valence-electron chi connectivity index (χ0n) is 14.1. The van der Waals surface area contributed by atoms with Gasteiger partial charge in [0.15, 0.2) is 6.61 Å². The molecule has 1 saturated carbocycles. The molecule has 2 aliphatic rings. The summed E-state index contributed by atoms with van der Waals surface area (Å²) in [6.45, 7) is 0.0593. The van der Waals surface area contributed by atoms with Crippen molar-refractivity contribution in [1.82, 2.24) is 14.9 Å². The number of carbonyl (C=O) groups excluding carboxylic acids is 1. The molecule has 0 saturated heterocycles. The van der Waals surface area contributed by atoms with Gasteiger partial charge in [-0.3, -0.25) is 4.79 Å². The van der Waals surface area contributed by atoms with E-state index in [1.807, 2.05) is 11.9 Å². The second-order valence-corrected chi connectivity index (χ2v) is 7.89. The zero-order chi connectivity index (χ0) is 16.5. The molecule has 0 aromatic carbocycles. The molecule has 2 aromatic rings. The van der Waals surface area contributed by atoms with Crippen LogP contribution in [0.2, 0.25) is 0 Å². The standard InChI is InChI=1S/C18H23N3O2S/c1-21(12-6-3-2-4-7-12)15(22)10-23-17-16-13-8-5-9-14(13)24-18(16)20-11-19-17/h11-12H,2-10H2,1H3. The first kappa shape index (κ1) is 15.8. The van der Waals surface area contributed by atoms with Gasteiger partial charge in [0, 0.05) is 18.0 Å². The minimum absolute atomic E-state index is 0.0422. The molecule has 2 aliphatic carbocycles. The fraction of sp³-hybridized carbons (Fsp3) is 0.611. The molecule has 1 fully saturated rings. The molecule has 5 nitrogen and oxygen atoms in total. The number of thiophene rings is 1. The van der Waals surface area contributed by atoms with E-state index in [1.54, 1.807) is 17.7 Å². The van der Waals surface area contributed by atoms with Gasteiger partial charge in [0.1, 0.15) is 11.2 Å². The Morgan fingerprint density at radius 3 is 2.92 bits per heavy atom. The van der Waals surface area contributed by atoms with Crippen LogP contribution < -0.4 is 4.74 Å². The molecule has 128 valence electrons. The Bertz CT molecular complexity index is 752. The Balaban J connectivity index is 1.47. The highest BCUT2D eigenvalue weighted by Crippen LogP contribution is 2.39. The van der Waals surface area contributed by atoms with Crippen molar-refractivity contribution >= 4 is 27.5 Å². The van der Waals surface area contributed by atoms with Gasteiger partial charge >= 0.3 is 0 Å². The highest BCUT2D eigenvalue weighted by atomic mass is 32.1. The summed E-state index contributed by atoms with van der Waals surface area (Å²) in [5.74, 6) is 0.616. The van der Waals surface area contributed by atoms with Crippen LogP contribution >= 0.6 is 11.3 Å². The van der Waals surface area contributed by atoms with Crippen molar-refractivity contribution < 1.29 is 9.53 Å². The summed E-state index contributed by atoms with van der Waals surface area (Å²) in [5, 5.41) is 1.03. The summed E-state index contributed by atoms with van der Waals surface area (Å²) in [6, 6.07) is 0.366. The maximum atomic E-state index is 12.5. The molecule has 0 atom stereocenters. The Morgan fingerprint density at radius 1 is 1.25 bits per heavy atom. The predicted octanol–water partition coefficient (Wildman–Crippen LogP) is 3.35. The highest BCUT2D eigenvalue weighted by molar-refractivity contribution is 7.18. The summed E-state index contributed by atoms with van der Waals surface area (Å²) >= 11 is 1.74. The van der Waals surface area contributed by atoms with Gasteiger partial charge in [-0.2, -0.15) is 0 Å². The number of hydrogen-bond acceptors (Lipinski definition) is 5. The first-order valence-corrected chi connectivity index (χ1v) is 9.69. The topological polar surface area (TPSA) is 55.3 Å². The minimum atomic E-state index is 0.0422. The van der Waals surface area contributed by atoms with Gasteiger partial charge in [0.2, 0.25) is 5.88 Å². The van der Waals surface area contributed by atoms with Crippen LogP contribution in [0.25, 0.3) is 10.2 Å². The summed E-state index contributed by atoms with van der Waals surface area (Å²) in [4.78, 5) is 25.4. The molecular weight excluding hydrogens is 322 g/mol. The van der Waals surface area contributed by atoms with Gasteiger partial charge in [-0.15, -0.1) is 11.3 Å². The van der Waals surface area contributed by atoms with Crippen LogP contribution in [0.3, 0.4) is 0 Å². The van der Waals surface area contributed by atoms with Crippen molar-refractivity contribution in [2.45, 2.75) is 57.4 Å². The predicted molar refractivity (Wildman–Crippen MR) is 94.6 cm³/mol. The van der Waals surface area contributed by atoms with Gasteiger partial charge in [-0.05, 0) is 37.7 Å². The van der Waals surface area contributed by atoms with Crippen LogP contribution in [0.15, 0.2) is 6.33 Å². The van der Waals surface area contributed by atoms with Crippen LogP contribution in [0.1, 0.15) is 49.0 Å². The number of rotatable bonds is 4. The van der Waals surface area contributed by atoms with Crippen LogP contribution in [-0.4, -0.2) is 40.5 Å². The maximum Gasteiger partial charge on any atom is 0.260 e. The second-order valence-electron chi connectivity index (χ2n) is 6.80. The van der Waals surface area contributed by atoms with Gasteiger partial charge in [0.25, 0.3) is 5.91 Å². The van der Waals surface area contributed by atoms with Crippen molar-refractivity contribution in [1.29, 1.82) is 0 Å². The van der Waals surface area contributed by atoms with Gasteiger partial charge < -0.3 is 9.64 Å². The number of nitrogens with zero attached hydrogens (tertiary/aromatic N) is 3. The quantitative estimate of drug-likeness (QED) is 0.853. The molecule has 4 rings (SSSR count). The van der Waals surface area contributed by atoms with E-state index in [4.69, 9.17) is 4.74 Å². The molecule has 0 spiro atoms. The fourth-order valence-electron chi connectivity index (χ4n) is 3.91. The van der Waals surface area contributed by atoms with E-state index in [2.05, 4.69) is 9.97 Å². The lowest BCUT2D eigenvalue weighted by molar-refractivity contribution is -0.134. The number of ether oxygens (including phenoxy) is 1. The lowest BCUT2D eigenvalue weighted by Gasteiger charge is -2.31. The van der Waals surface area contributed by atoms with E-state index in [0.717, 1.165) is 35.9 Å². The van der Waals surface area contributed by atoms with Crippen molar-refractivity contribution in [2.75, 3.05) is 13.7 Å². The van der Waals surface area contributed by atoms with Crippen molar-refractivity contribution in [3.8, 4) is 5.88 Å². The maximum absolute atomic E-state index is 12.5. The second kappa shape index (κ2) is 6.67. The third kappa shape index (κ3) is 2.88. The molecule has 24 heavy (non-hydrogen) atoms. The summed E-state index contributed by atoms with van der Waals surface area (Å²) in [5.41, 5.74) is 1.33. The molecule has 0 radical (unpaired) electrons. The lowest BCUT2D eigenvalue weighted by Crippen LogP contribution is -2.40. The number of aromatic nitrogens is 2. The monoisotopic (exact) mass is 345 g/mol. The van der Waals surface area contributed by atoms with E-state index in [1.165, 1.54) is 36.1 Å². The SMILES string of the molecule is CN(C(=O)COc1ncnc2sc3c(c12)CCC3)C1CCCCC1. The van der Waals surface area contributed by atoms with Crippen LogP contribution in [0, 0.1) is 0 Å². The van der Waals surface area contributed by atoms with Gasteiger partial charge in [0.05, 0.1) is 5.39 Å². The Morgan fingerprint density at radius 2 is 2.08 bits per heavy atom. The largest absolute Gasteiger partial charge is 0.467 e. The van der Waals surface area contributed by atoms with E-state index in [9.17, 15) is 4.79 Å². The number of fused-ring (bicyclic) bond motifs is 3.